The van der Waals surface area contributed by atoms with E-state index in [0.29, 0.717) is 0 Å². The molecular weight excluding hydrogens is 657 g/mol. The molecule has 3 aliphatic heterocycles. The highest BCUT2D eigenvalue weighted by Gasteiger charge is 2.55. The summed E-state index contributed by atoms with van der Waals surface area (Å²) in [5, 5.41) is 11.1. The van der Waals surface area contributed by atoms with Gasteiger partial charge in [-0.05, 0) is 11.8 Å². The quantitative estimate of drug-likeness (QED) is 0.142. The van der Waals surface area contributed by atoms with Crippen LogP contribution in [0.4, 0.5) is 16.0 Å². The van der Waals surface area contributed by atoms with Gasteiger partial charge in [0.2, 0.25) is 0 Å². The molecule has 2 unspecified atom stereocenters. The minimum Gasteiger partial charge on any atom is -0.385 e. The van der Waals surface area contributed by atoms with Crippen molar-refractivity contribution in [2.45, 2.75) is 49.3 Å². The first-order chi connectivity index (χ1) is 20.4. The number of halogens is 1. The molecule has 19 nitrogen and oxygen atoms in total. The van der Waals surface area contributed by atoms with Gasteiger partial charge >= 0.3 is 13.5 Å². The fraction of sp³-hybridized carbons (Fsp3) is 0.474. The molecule has 7 rings (SSSR count). The van der Waals surface area contributed by atoms with Crippen molar-refractivity contribution in [3.63, 3.8) is 0 Å². The van der Waals surface area contributed by atoms with E-state index in [1.165, 1.54) is 34.4 Å². The monoisotopic (exact) mass is 678 g/mol. The SMILES string of the molecule is Nc1ncnc2c1ncn2[C@@H]1O[C@@H]2COP(=O)(S)O[C@@H]3[C@H](O)[C@H](O[C@H]3n3cnc4c(N)ncnc43)OP(O)(=S)O[C@H]2[C@H]1F. The number of aliphatic hydroxyl groups is 1. The van der Waals surface area contributed by atoms with Crippen molar-refractivity contribution in [3.8, 4) is 0 Å². The maximum absolute atomic E-state index is 16.0. The molecule has 0 aliphatic carbocycles. The van der Waals surface area contributed by atoms with E-state index in [1.807, 2.05) is 0 Å². The fourth-order valence-electron chi connectivity index (χ4n) is 5.00. The van der Waals surface area contributed by atoms with Gasteiger partial charge in [0.15, 0.2) is 47.8 Å². The molecule has 6 N–H and O–H groups in total. The molecule has 230 valence electrons. The maximum atomic E-state index is 16.0. The number of hydrogen-bond acceptors (Lipinski definition) is 17. The number of thiol groups is 1. The lowest BCUT2D eigenvalue weighted by molar-refractivity contribution is -0.133. The zero-order chi connectivity index (χ0) is 30.3. The van der Waals surface area contributed by atoms with Crippen LogP contribution in [0.25, 0.3) is 22.3 Å². The third kappa shape index (κ3) is 5.10. The molecule has 10 atom stereocenters. The van der Waals surface area contributed by atoms with Gasteiger partial charge in [-0.15, -0.1) is 0 Å². The molecule has 3 saturated heterocycles. The lowest BCUT2D eigenvalue weighted by Crippen LogP contribution is -2.37. The van der Waals surface area contributed by atoms with Crippen LogP contribution >= 0.6 is 25.8 Å². The van der Waals surface area contributed by atoms with Crippen molar-refractivity contribution in [2.24, 2.45) is 0 Å². The topological polar surface area (TPSA) is 252 Å². The van der Waals surface area contributed by atoms with E-state index in [4.69, 9.17) is 50.8 Å². The number of rotatable bonds is 2. The highest BCUT2D eigenvalue weighted by molar-refractivity contribution is 8.44. The number of hydrogen-bond donors (Lipinski definition) is 5. The van der Waals surface area contributed by atoms with Gasteiger partial charge in [0.05, 0.1) is 19.3 Å². The van der Waals surface area contributed by atoms with Crippen molar-refractivity contribution >= 4 is 71.5 Å². The smallest absolute Gasteiger partial charge is 0.385 e. The Morgan fingerprint density at radius 3 is 2.16 bits per heavy atom. The first kappa shape index (κ1) is 29.3. The van der Waals surface area contributed by atoms with Gasteiger partial charge in [-0.2, -0.15) is 0 Å². The Labute approximate surface area is 249 Å². The number of alkyl halides is 1. The summed E-state index contributed by atoms with van der Waals surface area (Å²) < 4.78 is 65.8. The standard InChI is InChI=1S/C19H21FN10O9P2S2/c20-7-11-6(35-17(7)29-4-27-8-13(21)23-2-25-15(8)29)1-34-40(32,42)38-12-10(31)19(39-41(33,43)37-11)36-18(12)30-5-28-9-14(22)24-3-26-16(9)30/h2-7,10-12,17-19,31H,1H2,(H,32,42)(H,33,43)(H2,21,23,25)(H2,22,24,26)/t6-,7-,10+,11-,12-,17-,18-,19-,40?,41?/m1/s1. The third-order valence-corrected chi connectivity index (χ3v) is 10.0. The van der Waals surface area contributed by atoms with E-state index in [-0.39, 0.29) is 34.0 Å². The zero-order valence-corrected chi connectivity index (χ0v) is 24.7. The summed E-state index contributed by atoms with van der Waals surface area (Å²) in [6.45, 7) is -9.35. The molecule has 0 aromatic carbocycles. The van der Waals surface area contributed by atoms with Gasteiger partial charge in [0.25, 0.3) is 0 Å². The van der Waals surface area contributed by atoms with Crippen molar-refractivity contribution in [2.75, 3.05) is 18.1 Å². The second kappa shape index (κ2) is 10.6. The molecule has 24 heteroatoms. The molecule has 43 heavy (non-hydrogen) atoms. The number of aromatic nitrogens is 8. The van der Waals surface area contributed by atoms with Crippen molar-refractivity contribution < 1.29 is 46.5 Å². The maximum Gasteiger partial charge on any atom is 0.386 e. The average Bonchev–Trinajstić information content (AvgIpc) is 3.70. The summed E-state index contributed by atoms with van der Waals surface area (Å²) >= 11 is 9.21. The van der Waals surface area contributed by atoms with Gasteiger partial charge in [0, 0.05) is 0 Å². The summed E-state index contributed by atoms with van der Waals surface area (Å²) in [5.41, 5.74) is 12.4. The molecule has 7 heterocycles. The van der Waals surface area contributed by atoms with Gasteiger partial charge in [0.1, 0.15) is 48.1 Å². The van der Waals surface area contributed by atoms with Crippen LogP contribution in [0.15, 0.2) is 25.3 Å². The van der Waals surface area contributed by atoms with Gasteiger partial charge in [-0.25, -0.2) is 38.9 Å². The Hall–Kier alpha value is -2.46. The van der Waals surface area contributed by atoms with Crippen LogP contribution in [0.5, 0.6) is 0 Å². The average molecular weight is 679 g/mol. The summed E-state index contributed by atoms with van der Waals surface area (Å²) in [7, 11) is 0. The number of nitrogens with two attached hydrogens (primary N) is 2. The number of imidazole rings is 2. The number of nitrogen functional groups attached to an aromatic ring is 2. The predicted molar refractivity (Wildman–Crippen MR) is 148 cm³/mol. The van der Waals surface area contributed by atoms with Crippen molar-refractivity contribution in [1.29, 1.82) is 0 Å². The second-order valence-corrected chi connectivity index (χ2v) is 15.2. The number of anilines is 2. The summed E-state index contributed by atoms with van der Waals surface area (Å²) in [4.78, 5) is 35.2. The minimum absolute atomic E-state index is 0.0576. The predicted octanol–water partition coefficient (Wildman–Crippen LogP) is 0.354. The van der Waals surface area contributed by atoms with E-state index in [2.05, 4.69) is 42.2 Å². The molecule has 0 amide bonds. The molecule has 3 aliphatic rings. The van der Waals surface area contributed by atoms with Gasteiger partial charge < -0.3 is 30.9 Å². The molecule has 3 fully saturated rings. The normalized spacial score (nSPS) is 38.6. The van der Waals surface area contributed by atoms with Crippen LogP contribution in [0.3, 0.4) is 0 Å². The highest BCUT2D eigenvalue weighted by Crippen LogP contribution is 2.59. The van der Waals surface area contributed by atoms with Crippen LogP contribution in [0, 0.1) is 0 Å². The van der Waals surface area contributed by atoms with E-state index in [9.17, 15) is 14.6 Å². The Morgan fingerprint density at radius 1 is 0.930 bits per heavy atom. The summed E-state index contributed by atoms with van der Waals surface area (Å²) in [6, 6.07) is 0. The van der Waals surface area contributed by atoms with E-state index < -0.39 is 69.5 Å². The van der Waals surface area contributed by atoms with Crippen LogP contribution in [0.2, 0.25) is 0 Å². The van der Waals surface area contributed by atoms with Crippen molar-refractivity contribution in [1.82, 2.24) is 39.0 Å². The molecule has 0 spiro atoms. The first-order valence-corrected chi connectivity index (χ1v) is 17.6. The molecule has 2 bridgehead atoms. The highest BCUT2D eigenvalue weighted by atomic mass is 32.7. The van der Waals surface area contributed by atoms with Crippen LogP contribution < -0.4 is 11.5 Å². The number of ether oxygens (including phenoxy) is 2. The van der Waals surface area contributed by atoms with Crippen LogP contribution in [-0.2, 0) is 43.9 Å². The molecule has 4 aromatic heterocycles. The molecule has 0 radical (unpaired) electrons. The largest absolute Gasteiger partial charge is 0.386 e. The Kier molecular flexibility index (Phi) is 7.19. The first-order valence-electron chi connectivity index (χ1n) is 12.3. The number of nitrogens with zero attached hydrogens (tertiary/aromatic N) is 8. The number of aliphatic hydroxyl groups excluding tert-OH is 1. The number of fused-ring (bicyclic) bond motifs is 5. The third-order valence-electron chi connectivity index (χ3n) is 6.91. The van der Waals surface area contributed by atoms with Gasteiger partial charge in [-0.1, -0.05) is 12.2 Å². The van der Waals surface area contributed by atoms with Crippen LogP contribution in [0.1, 0.15) is 12.5 Å². The van der Waals surface area contributed by atoms with E-state index in [0.717, 1.165) is 0 Å². The molecule has 0 saturated carbocycles. The Morgan fingerprint density at radius 2 is 1.53 bits per heavy atom. The fourth-order valence-corrected chi connectivity index (χ4v) is 8.05. The summed E-state index contributed by atoms with van der Waals surface area (Å²) in [5.74, 6) is 0.119. The summed E-state index contributed by atoms with van der Waals surface area (Å²) in [6.07, 6.45) is -7.84. The molecule has 4 aromatic rings. The van der Waals surface area contributed by atoms with E-state index >= 15 is 4.39 Å². The Balaban J connectivity index is 1.21. The minimum atomic E-state index is -4.39. The lowest BCUT2D eigenvalue weighted by atomic mass is 10.1. The van der Waals surface area contributed by atoms with Crippen LogP contribution in [-0.4, -0.2) is 92.5 Å². The zero-order valence-electron chi connectivity index (χ0n) is 21.2. The molecular formula is C19H21FN10O9P2S2. The Bertz CT molecular complexity index is 1820. The second-order valence-electron chi connectivity index (χ2n) is 9.54. The van der Waals surface area contributed by atoms with Gasteiger partial charge in [-0.3, -0.25) is 27.2 Å². The van der Waals surface area contributed by atoms with E-state index in [1.54, 1.807) is 0 Å². The lowest BCUT2D eigenvalue weighted by Gasteiger charge is -2.29. The van der Waals surface area contributed by atoms with Crippen molar-refractivity contribution in [3.05, 3.63) is 25.3 Å².